The molecule has 1 aromatic carbocycles. The van der Waals surface area contributed by atoms with Crippen LogP contribution in [0.2, 0.25) is 0 Å². The lowest BCUT2D eigenvalue weighted by Crippen LogP contribution is -2.41. The lowest BCUT2D eigenvalue weighted by atomic mass is 10.1. The zero-order chi connectivity index (χ0) is 14.5. The van der Waals surface area contributed by atoms with Crippen LogP contribution in [0.15, 0.2) is 26.9 Å². The zero-order valence-electron chi connectivity index (χ0n) is 10.7. The Hall–Kier alpha value is -2.06. The highest BCUT2D eigenvalue weighted by Gasteiger charge is 2.21. The lowest BCUT2D eigenvalue weighted by Gasteiger charge is -2.14. The number of nitrogens with one attached hydrogen (secondary N) is 1. The highest BCUT2D eigenvalue weighted by molar-refractivity contribution is 7.58. The maximum Gasteiger partial charge on any atom is 0.326 e. The lowest BCUT2D eigenvalue weighted by molar-refractivity contribution is -0.139. The van der Waals surface area contributed by atoms with E-state index in [2.05, 4.69) is 14.0 Å². The van der Waals surface area contributed by atoms with E-state index in [4.69, 9.17) is 9.84 Å². The molecule has 106 valence electrons. The van der Waals surface area contributed by atoms with E-state index in [1.165, 1.54) is 7.11 Å². The summed E-state index contributed by atoms with van der Waals surface area (Å²) in [5, 5.41) is 11.5. The van der Waals surface area contributed by atoms with E-state index in [1.54, 1.807) is 18.2 Å². The number of ether oxygens (including phenoxy) is 1. The number of rotatable bonds is 6. The summed E-state index contributed by atoms with van der Waals surface area (Å²) in [6, 6.07) is 3.88. The Bertz CT molecular complexity index is 611. The molecule has 7 nitrogen and oxygen atoms in total. The van der Waals surface area contributed by atoms with Crippen molar-refractivity contribution < 1.29 is 19.4 Å². The van der Waals surface area contributed by atoms with E-state index < -0.39 is 17.9 Å². The average Bonchev–Trinajstić information content (AvgIpc) is 2.90. The Kier molecular flexibility index (Phi) is 4.59. The van der Waals surface area contributed by atoms with Gasteiger partial charge < -0.3 is 15.2 Å². The number of carbonyl (C=O) groups is 2. The first-order chi connectivity index (χ1) is 9.61. The number of methoxy groups -OCH3 is 1. The summed E-state index contributed by atoms with van der Waals surface area (Å²) in [5.74, 6) is -1.55. The molecule has 0 saturated heterocycles. The number of aliphatic carboxylic acids is 1. The van der Waals surface area contributed by atoms with Crippen molar-refractivity contribution in [2.24, 2.45) is 8.73 Å². The van der Waals surface area contributed by atoms with E-state index in [1.807, 2.05) is 0 Å². The number of hydrogen-bond donors (Lipinski definition) is 2. The highest BCUT2D eigenvalue weighted by atomic mass is 32.1. The molecule has 0 radical (unpaired) electrons. The molecule has 8 heteroatoms. The van der Waals surface area contributed by atoms with Gasteiger partial charge in [0.25, 0.3) is 5.91 Å². The van der Waals surface area contributed by atoms with E-state index in [-0.39, 0.29) is 13.0 Å². The molecule has 1 aliphatic heterocycles. The summed E-state index contributed by atoms with van der Waals surface area (Å²) in [5.41, 5.74) is 1.68. The van der Waals surface area contributed by atoms with Gasteiger partial charge in [0.2, 0.25) is 0 Å². The van der Waals surface area contributed by atoms with Gasteiger partial charge in [0.05, 0.1) is 11.4 Å². The largest absolute Gasteiger partial charge is 0.480 e. The first-order valence-corrected chi connectivity index (χ1v) is 6.60. The molecule has 0 aromatic heterocycles. The van der Waals surface area contributed by atoms with Gasteiger partial charge in [-0.15, -0.1) is 0 Å². The first-order valence-electron chi connectivity index (χ1n) is 5.86. The van der Waals surface area contributed by atoms with Gasteiger partial charge in [-0.1, -0.05) is 0 Å². The molecule has 0 aliphatic carbocycles. The molecule has 1 aliphatic rings. The van der Waals surface area contributed by atoms with E-state index in [0.717, 1.165) is 11.4 Å². The number of benzene rings is 1. The van der Waals surface area contributed by atoms with Crippen molar-refractivity contribution in [1.82, 2.24) is 5.32 Å². The van der Waals surface area contributed by atoms with E-state index in [0.29, 0.717) is 16.9 Å². The van der Waals surface area contributed by atoms with Crippen molar-refractivity contribution in [3.63, 3.8) is 0 Å². The second kappa shape index (κ2) is 6.40. The van der Waals surface area contributed by atoms with Crippen LogP contribution in [0.1, 0.15) is 16.8 Å². The maximum atomic E-state index is 12.0. The van der Waals surface area contributed by atoms with Crippen molar-refractivity contribution in [3.05, 3.63) is 23.8 Å². The second-order valence-electron chi connectivity index (χ2n) is 4.11. The van der Waals surface area contributed by atoms with Gasteiger partial charge in [0.1, 0.15) is 17.4 Å². The fraction of sp³-hybridized carbons (Fsp3) is 0.333. The molecule has 0 saturated carbocycles. The molecule has 0 spiro atoms. The molecule has 1 amide bonds. The van der Waals surface area contributed by atoms with Gasteiger partial charge in [-0.2, -0.15) is 8.73 Å². The van der Waals surface area contributed by atoms with Crippen molar-refractivity contribution in [2.75, 3.05) is 13.7 Å². The Balaban J connectivity index is 2.07. The molecule has 2 N–H and O–H groups in total. The van der Waals surface area contributed by atoms with Crippen LogP contribution in [0.25, 0.3) is 0 Å². The minimum atomic E-state index is -1.09. The molecule has 1 aromatic rings. The van der Waals surface area contributed by atoms with Crippen LogP contribution >= 0.6 is 0 Å². The van der Waals surface area contributed by atoms with Gasteiger partial charge in [-0.05, 0) is 18.2 Å². The van der Waals surface area contributed by atoms with Gasteiger partial charge in [0, 0.05) is 25.7 Å². The van der Waals surface area contributed by atoms with Crippen LogP contribution < -0.4 is 5.32 Å². The van der Waals surface area contributed by atoms with Gasteiger partial charge in [-0.3, -0.25) is 4.79 Å². The van der Waals surface area contributed by atoms with Crippen LogP contribution in [-0.4, -0.2) is 36.7 Å². The smallest absolute Gasteiger partial charge is 0.326 e. The van der Waals surface area contributed by atoms with Gasteiger partial charge >= 0.3 is 5.97 Å². The maximum absolute atomic E-state index is 12.0. The minimum absolute atomic E-state index is 0.206. The summed E-state index contributed by atoms with van der Waals surface area (Å²) >= 11 is 1.06. The third kappa shape index (κ3) is 3.28. The standard InChI is InChI=1S/C12H13N3O4S/c1-19-5-4-9(12(17)18)13-11(16)7-2-3-8-10(6-7)15-20-14-8/h2-3,6,9H,4-5H2,1H3,(H,13,16)(H,17,18). The fourth-order valence-corrected chi connectivity index (χ4v) is 2.18. The van der Waals surface area contributed by atoms with Gasteiger partial charge in [-0.25, -0.2) is 4.79 Å². The van der Waals surface area contributed by atoms with Crippen LogP contribution in [0.3, 0.4) is 0 Å². The molecule has 1 heterocycles. The number of carboxylic acids is 1. The van der Waals surface area contributed by atoms with E-state index in [9.17, 15) is 9.59 Å². The summed E-state index contributed by atoms with van der Waals surface area (Å²) in [7, 11) is 1.48. The summed E-state index contributed by atoms with van der Waals surface area (Å²) in [4.78, 5) is 23.1. The van der Waals surface area contributed by atoms with Crippen LogP contribution in [0, 0.1) is 0 Å². The predicted molar refractivity (Wildman–Crippen MR) is 73.4 cm³/mol. The Morgan fingerprint density at radius 2 is 2.15 bits per heavy atom. The molecule has 2 rings (SSSR count). The molecule has 0 fully saturated rings. The van der Waals surface area contributed by atoms with Crippen molar-refractivity contribution in [3.8, 4) is 0 Å². The second-order valence-corrected chi connectivity index (χ2v) is 4.64. The normalized spacial score (nSPS) is 13.4. The topological polar surface area (TPSA) is 100 Å². The fourth-order valence-electron chi connectivity index (χ4n) is 1.66. The molecule has 0 bridgehead atoms. The SMILES string of the molecule is COCCC(NC(=O)c1ccc2c(c1)N=S=N2)C(=O)O. The summed E-state index contributed by atoms with van der Waals surface area (Å²) < 4.78 is 12.9. The molecular formula is C12H13N3O4S. The summed E-state index contributed by atoms with van der Waals surface area (Å²) in [6.45, 7) is 0.256. The Morgan fingerprint density at radius 1 is 1.40 bits per heavy atom. The number of carbonyl (C=O) groups excluding carboxylic acids is 1. The third-order valence-corrected chi connectivity index (χ3v) is 3.29. The minimum Gasteiger partial charge on any atom is -0.480 e. The quantitative estimate of drug-likeness (QED) is 0.845. The third-order valence-electron chi connectivity index (χ3n) is 2.73. The Morgan fingerprint density at radius 3 is 2.85 bits per heavy atom. The van der Waals surface area contributed by atoms with Crippen LogP contribution in [0.4, 0.5) is 11.4 Å². The number of fused-ring (bicyclic) bond motifs is 1. The Labute approximate surface area is 118 Å². The number of amides is 1. The van der Waals surface area contributed by atoms with Crippen molar-refractivity contribution in [2.45, 2.75) is 12.5 Å². The average molecular weight is 295 g/mol. The first kappa shape index (κ1) is 14.4. The highest BCUT2D eigenvalue weighted by Crippen LogP contribution is 2.31. The molecule has 1 atom stereocenters. The predicted octanol–water partition coefficient (Wildman–Crippen LogP) is 1.63. The van der Waals surface area contributed by atoms with Crippen LogP contribution in [0.5, 0.6) is 0 Å². The number of hydrogen-bond acceptors (Lipinski definition) is 5. The van der Waals surface area contributed by atoms with Gasteiger partial charge in [0.15, 0.2) is 0 Å². The summed E-state index contributed by atoms with van der Waals surface area (Å²) in [6.07, 6.45) is 0.206. The molecule has 20 heavy (non-hydrogen) atoms. The van der Waals surface area contributed by atoms with Crippen molar-refractivity contribution >= 4 is 34.6 Å². The van der Waals surface area contributed by atoms with Crippen LogP contribution in [-0.2, 0) is 20.9 Å². The monoisotopic (exact) mass is 295 g/mol. The number of carboxylic acid groups (broad SMARTS) is 1. The molecule has 1 unspecified atom stereocenters. The number of nitrogens with zero attached hydrogens (tertiary/aromatic N) is 2. The van der Waals surface area contributed by atoms with E-state index >= 15 is 0 Å². The zero-order valence-corrected chi connectivity index (χ0v) is 11.5. The van der Waals surface area contributed by atoms with Crippen molar-refractivity contribution in [1.29, 1.82) is 0 Å². The molecular weight excluding hydrogens is 282 g/mol.